The van der Waals surface area contributed by atoms with Crippen LogP contribution in [0.1, 0.15) is 27.6 Å². The van der Waals surface area contributed by atoms with Crippen LogP contribution in [-0.4, -0.2) is 12.1 Å². The van der Waals surface area contributed by atoms with E-state index in [1.807, 2.05) is 22.6 Å². The van der Waals surface area contributed by atoms with E-state index in [4.69, 9.17) is 11.6 Å². The van der Waals surface area contributed by atoms with E-state index in [9.17, 15) is 9.59 Å². The van der Waals surface area contributed by atoms with Crippen molar-refractivity contribution in [3.8, 4) is 0 Å². The maximum Gasteiger partial charge on any atom is 0.161 e. The van der Waals surface area contributed by atoms with E-state index < -0.39 is 0 Å². The van der Waals surface area contributed by atoms with Gasteiger partial charge in [-0.2, -0.15) is 0 Å². The summed E-state index contributed by atoms with van der Waals surface area (Å²) in [4.78, 5) is 21.6. The molecule has 0 saturated carbocycles. The SMILES string of the molecule is CC(=O)c1cc(C=O)c(I)cc1Cl. The maximum atomic E-state index is 11.0. The van der Waals surface area contributed by atoms with E-state index in [2.05, 4.69) is 0 Å². The van der Waals surface area contributed by atoms with Gasteiger partial charge in [-0.05, 0) is 41.6 Å². The van der Waals surface area contributed by atoms with Crippen LogP contribution < -0.4 is 0 Å². The van der Waals surface area contributed by atoms with Gasteiger partial charge in [-0.3, -0.25) is 9.59 Å². The van der Waals surface area contributed by atoms with E-state index in [0.717, 1.165) is 3.57 Å². The van der Waals surface area contributed by atoms with Crippen molar-refractivity contribution in [2.75, 3.05) is 0 Å². The normalized spacial score (nSPS) is 9.77. The molecule has 0 spiro atoms. The number of ketones is 1. The lowest BCUT2D eigenvalue weighted by Gasteiger charge is -2.02. The van der Waals surface area contributed by atoms with Gasteiger partial charge in [0.2, 0.25) is 0 Å². The summed E-state index contributed by atoms with van der Waals surface area (Å²) in [5.41, 5.74) is 0.888. The Bertz CT molecular complexity index is 374. The molecule has 0 N–H and O–H groups in total. The molecule has 2 nitrogen and oxygen atoms in total. The quantitative estimate of drug-likeness (QED) is 0.478. The van der Waals surface area contributed by atoms with Crippen LogP contribution in [0.3, 0.4) is 0 Å². The first-order valence-electron chi connectivity index (χ1n) is 3.51. The minimum Gasteiger partial charge on any atom is -0.298 e. The second-order valence-corrected chi connectivity index (χ2v) is 4.10. The second kappa shape index (κ2) is 4.19. The summed E-state index contributed by atoms with van der Waals surface area (Å²) in [7, 11) is 0. The summed E-state index contributed by atoms with van der Waals surface area (Å²) in [6, 6.07) is 3.13. The van der Waals surface area contributed by atoms with Crippen molar-refractivity contribution in [2.45, 2.75) is 6.92 Å². The van der Waals surface area contributed by atoms with Gasteiger partial charge in [0, 0.05) is 14.7 Å². The molecular weight excluding hydrogens is 302 g/mol. The van der Waals surface area contributed by atoms with E-state index in [1.165, 1.54) is 13.0 Å². The number of hydrogen-bond donors (Lipinski definition) is 0. The van der Waals surface area contributed by atoms with Crippen molar-refractivity contribution < 1.29 is 9.59 Å². The van der Waals surface area contributed by atoms with Gasteiger partial charge in [-0.15, -0.1) is 0 Å². The van der Waals surface area contributed by atoms with Gasteiger partial charge in [0.15, 0.2) is 12.1 Å². The first-order chi connectivity index (χ1) is 6.06. The molecule has 0 heterocycles. The third-order valence-corrected chi connectivity index (χ3v) is 2.84. The molecule has 13 heavy (non-hydrogen) atoms. The molecule has 68 valence electrons. The van der Waals surface area contributed by atoms with Crippen LogP contribution >= 0.6 is 34.2 Å². The molecule has 0 aliphatic heterocycles. The first-order valence-corrected chi connectivity index (χ1v) is 4.97. The predicted octanol–water partition coefficient (Wildman–Crippen LogP) is 2.96. The Morgan fingerprint density at radius 3 is 2.62 bits per heavy atom. The van der Waals surface area contributed by atoms with Crippen molar-refractivity contribution in [1.29, 1.82) is 0 Å². The van der Waals surface area contributed by atoms with Crippen LogP contribution in [-0.2, 0) is 0 Å². The van der Waals surface area contributed by atoms with Crippen molar-refractivity contribution in [3.05, 3.63) is 31.9 Å². The van der Waals surface area contributed by atoms with E-state index in [-0.39, 0.29) is 5.78 Å². The van der Waals surface area contributed by atoms with Gasteiger partial charge in [0.25, 0.3) is 0 Å². The summed E-state index contributed by atoms with van der Waals surface area (Å²) in [6.45, 7) is 1.42. The van der Waals surface area contributed by atoms with Gasteiger partial charge in [0.1, 0.15) is 0 Å². The molecule has 4 heteroatoms. The smallest absolute Gasteiger partial charge is 0.161 e. The van der Waals surface area contributed by atoms with Crippen LogP contribution in [0.4, 0.5) is 0 Å². The number of hydrogen-bond acceptors (Lipinski definition) is 2. The summed E-state index contributed by atoms with van der Waals surface area (Å²) in [6.07, 6.45) is 0.713. The third-order valence-electron chi connectivity index (χ3n) is 1.59. The Morgan fingerprint density at radius 2 is 2.15 bits per heavy atom. The molecule has 0 aliphatic carbocycles. The number of aldehydes is 1. The Balaban J connectivity index is 3.38. The highest BCUT2D eigenvalue weighted by molar-refractivity contribution is 14.1. The highest BCUT2D eigenvalue weighted by Gasteiger charge is 2.09. The number of rotatable bonds is 2. The molecule has 0 saturated heterocycles. The van der Waals surface area contributed by atoms with E-state index in [0.29, 0.717) is 22.4 Å². The average molecular weight is 309 g/mol. The summed E-state index contributed by atoms with van der Waals surface area (Å²) in [5.74, 6) is -0.135. The third kappa shape index (κ3) is 2.28. The van der Waals surface area contributed by atoms with Gasteiger partial charge >= 0.3 is 0 Å². The minimum atomic E-state index is -0.135. The summed E-state index contributed by atoms with van der Waals surface area (Å²) >= 11 is 7.81. The van der Waals surface area contributed by atoms with Crippen LogP contribution in [0.5, 0.6) is 0 Å². The highest BCUT2D eigenvalue weighted by atomic mass is 127. The molecule has 1 aromatic rings. The van der Waals surface area contributed by atoms with Crippen LogP contribution in [0.15, 0.2) is 12.1 Å². The van der Waals surface area contributed by atoms with Gasteiger partial charge in [-0.25, -0.2) is 0 Å². The summed E-state index contributed by atoms with van der Waals surface area (Å²) in [5, 5.41) is 0.391. The molecule has 1 rings (SSSR count). The number of benzene rings is 1. The largest absolute Gasteiger partial charge is 0.298 e. The maximum absolute atomic E-state index is 11.0. The lowest BCUT2D eigenvalue weighted by Crippen LogP contribution is -1.97. The zero-order valence-electron chi connectivity index (χ0n) is 6.80. The lowest BCUT2D eigenvalue weighted by atomic mass is 10.1. The lowest BCUT2D eigenvalue weighted by molar-refractivity contribution is 0.101. The molecule has 0 radical (unpaired) electrons. The molecule has 0 aliphatic rings. The monoisotopic (exact) mass is 308 g/mol. The Kier molecular flexibility index (Phi) is 3.44. The molecule has 0 atom stereocenters. The van der Waals surface area contributed by atoms with Gasteiger partial charge in [0.05, 0.1) is 5.02 Å². The van der Waals surface area contributed by atoms with Gasteiger partial charge < -0.3 is 0 Å². The predicted molar refractivity (Wildman–Crippen MR) is 59.6 cm³/mol. The molecule has 0 bridgehead atoms. The van der Waals surface area contributed by atoms with E-state index >= 15 is 0 Å². The number of carbonyl (C=O) groups excluding carboxylic acids is 2. The van der Waals surface area contributed by atoms with Crippen molar-refractivity contribution in [2.24, 2.45) is 0 Å². The first kappa shape index (κ1) is 10.7. The highest BCUT2D eigenvalue weighted by Crippen LogP contribution is 2.22. The number of Topliss-reactive ketones (excluding diaryl/α,β-unsaturated/α-hetero) is 1. The minimum absolute atomic E-state index is 0.135. The molecule has 0 amide bonds. The fraction of sp³-hybridized carbons (Fsp3) is 0.111. The molecular formula is C9H6ClIO2. The van der Waals surface area contributed by atoms with Gasteiger partial charge in [-0.1, -0.05) is 11.6 Å². The Labute approximate surface area is 94.4 Å². The summed E-state index contributed by atoms with van der Waals surface area (Å²) < 4.78 is 0.752. The zero-order chi connectivity index (χ0) is 10.0. The van der Waals surface area contributed by atoms with Crippen molar-refractivity contribution in [1.82, 2.24) is 0 Å². The van der Waals surface area contributed by atoms with Crippen LogP contribution in [0, 0.1) is 3.57 Å². The second-order valence-electron chi connectivity index (χ2n) is 2.53. The fourth-order valence-corrected chi connectivity index (χ4v) is 2.00. The van der Waals surface area contributed by atoms with Crippen molar-refractivity contribution >= 4 is 46.3 Å². The number of carbonyl (C=O) groups is 2. The van der Waals surface area contributed by atoms with Crippen molar-refractivity contribution in [3.63, 3.8) is 0 Å². The van der Waals surface area contributed by atoms with Crippen LogP contribution in [0.2, 0.25) is 5.02 Å². The molecule has 0 unspecified atom stereocenters. The molecule has 1 aromatic carbocycles. The average Bonchev–Trinajstić information content (AvgIpc) is 2.03. The topological polar surface area (TPSA) is 34.1 Å². The molecule has 0 fully saturated rings. The zero-order valence-corrected chi connectivity index (χ0v) is 9.72. The fourth-order valence-electron chi connectivity index (χ4n) is 0.926. The Morgan fingerprint density at radius 1 is 1.54 bits per heavy atom. The molecule has 0 aromatic heterocycles. The standard InChI is InChI=1S/C9H6ClIO2/c1-5(13)7-2-6(4-12)9(11)3-8(7)10/h2-4H,1H3. The number of halogens is 2. The Hall–Kier alpha value is -0.420. The van der Waals surface area contributed by atoms with Crippen LogP contribution in [0.25, 0.3) is 0 Å². The van der Waals surface area contributed by atoms with E-state index in [1.54, 1.807) is 6.07 Å².